The Balaban J connectivity index is 2.92. The van der Waals surface area contributed by atoms with E-state index in [1.54, 1.807) is 0 Å². The fraction of sp³-hybridized carbons (Fsp3) is 0.143. The summed E-state index contributed by atoms with van der Waals surface area (Å²) >= 11 is 0. The normalized spacial score (nSPS) is 12.6. The Morgan fingerprint density at radius 1 is 1.19 bits per heavy atom. The van der Waals surface area contributed by atoms with E-state index in [9.17, 15) is 17.7 Å². The predicted octanol–water partition coefficient (Wildman–Crippen LogP) is 1.71. The van der Waals surface area contributed by atoms with E-state index in [2.05, 4.69) is 0 Å². The van der Waals surface area contributed by atoms with Gasteiger partial charge in [-0.3, -0.25) is 0 Å². The lowest BCUT2D eigenvalue weighted by molar-refractivity contribution is -0.137. The van der Waals surface area contributed by atoms with E-state index in [1.165, 1.54) is 17.3 Å². The fourth-order valence-electron chi connectivity index (χ4n) is 0.972. The molecule has 1 aromatic carbocycles. The maximum atomic E-state index is 12.4. The molecule has 1 aromatic rings. The quantitative estimate of drug-likeness (QED) is 0.489. The largest absolute Gasteiger partial charge is 0.418 e. The summed E-state index contributed by atoms with van der Waals surface area (Å²) in [5, 5.41) is 1.47. The highest BCUT2D eigenvalue weighted by molar-refractivity contribution is 7.49. The van der Waals surface area contributed by atoms with Crippen molar-refractivity contribution in [1.82, 2.24) is 5.20 Å². The molecule has 0 atom stereocenters. The second-order valence-corrected chi connectivity index (χ2v) is 4.14. The van der Waals surface area contributed by atoms with Gasteiger partial charge in [-0.15, -0.1) is 5.20 Å². The topological polar surface area (TPSA) is 81.6 Å². The van der Waals surface area contributed by atoms with Gasteiger partial charge in [0.1, 0.15) is 0 Å². The molecular formula is C7H8F3N2O3P. The molecule has 0 fully saturated rings. The third kappa shape index (κ3) is 3.82. The van der Waals surface area contributed by atoms with Gasteiger partial charge in [-0.1, -0.05) is 12.1 Å². The molecule has 0 spiro atoms. The van der Waals surface area contributed by atoms with Gasteiger partial charge in [0.15, 0.2) is 0 Å². The van der Waals surface area contributed by atoms with E-state index in [-0.39, 0.29) is 0 Å². The summed E-state index contributed by atoms with van der Waals surface area (Å²) in [6, 6.07) is 4.32. The van der Waals surface area contributed by atoms with Gasteiger partial charge in [0, 0.05) is 0 Å². The van der Waals surface area contributed by atoms with Crippen molar-refractivity contribution in [3.05, 3.63) is 29.8 Å². The lowest BCUT2D eigenvalue weighted by Gasteiger charge is -2.15. The molecule has 9 heteroatoms. The average molecular weight is 256 g/mol. The summed E-state index contributed by atoms with van der Waals surface area (Å²) in [6.45, 7) is 0. The molecular weight excluding hydrogens is 248 g/mol. The van der Waals surface area contributed by atoms with Gasteiger partial charge in [-0.2, -0.15) is 13.2 Å². The van der Waals surface area contributed by atoms with Crippen molar-refractivity contribution >= 4 is 13.4 Å². The Bertz CT molecular complexity index is 418. The zero-order chi connectivity index (χ0) is 12.4. The molecule has 0 aromatic heterocycles. The van der Waals surface area contributed by atoms with Gasteiger partial charge in [0.05, 0.1) is 11.3 Å². The summed E-state index contributed by atoms with van der Waals surface area (Å²) in [7, 11) is -4.63. The van der Waals surface area contributed by atoms with Crippen molar-refractivity contribution in [2.45, 2.75) is 6.18 Å². The number of hydrogen-bond donors (Lipinski definition) is 4. The number of halogens is 3. The third-order valence-electron chi connectivity index (χ3n) is 1.57. The summed E-state index contributed by atoms with van der Waals surface area (Å²) in [6.07, 6.45) is -4.60. The Kier molecular flexibility index (Phi) is 3.59. The maximum Gasteiger partial charge on any atom is 0.418 e. The molecule has 0 aliphatic rings. The molecule has 0 aliphatic carbocycles. The van der Waals surface area contributed by atoms with Crippen LogP contribution in [0.3, 0.4) is 0 Å². The van der Waals surface area contributed by atoms with Crippen LogP contribution >= 0.6 is 7.75 Å². The molecule has 0 radical (unpaired) electrons. The van der Waals surface area contributed by atoms with Gasteiger partial charge in [0.2, 0.25) is 0 Å². The van der Waals surface area contributed by atoms with E-state index in [1.807, 2.05) is 5.43 Å². The van der Waals surface area contributed by atoms with Crippen LogP contribution in [0.1, 0.15) is 5.56 Å². The van der Waals surface area contributed by atoms with Crippen molar-refractivity contribution in [3.63, 3.8) is 0 Å². The second-order valence-electron chi connectivity index (χ2n) is 2.82. The monoisotopic (exact) mass is 256 g/mol. The summed E-state index contributed by atoms with van der Waals surface area (Å²) in [4.78, 5) is 16.9. The molecule has 16 heavy (non-hydrogen) atoms. The molecule has 0 saturated heterocycles. The second kappa shape index (κ2) is 4.42. The molecule has 5 nitrogen and oxygen atoms in total. The minimum atomic E-state index is -4.63. The fourth-order valence-corrected chi connectivity index (χ4v) is 1.24. The van der Waals surface area contributed by atoms with Crippen LogP contribution in [-0.2, 0) is 10.7 Å². The highest BCUT2D eigenvalue weighted by atomic mass is 31.2. The lowest BCUT2D eigenvalue weighted by Crippen LogP contribution is -2.20. The van der Waals surface area contributed by atoms with Crippen molar-refractivity contribution in [1.29, 1.82) is 0 Å². The Morgan fingerprint density at radius 2 is 1.75 bits per heavy atom. The van der Waals surface area contributed by atoms with E-state index in [0.717, 1.165) is 12.1 Å². The Labute approximate surface area is 88.5 Å². The van der Waals surface area contributed by atoms with Gasteiger partial charge in [-0.05, 0) is 12.1 Å². The van der Waals surface area contributed by atoms with Crippen LogP contribution < -0.4 is 10.6 Å². The molecule has 0 saturated carbocycles. The van der Waals surface area contributed by atoms with Crippen LogP contribution in [0.25, 0.3) is 0 Å². The highest BCUT2D eigenvalue weighted by Gasteiger charge is 2.33. The number of rotatable bonds is 3. The number of alkyl halides is 3. The first-order valence-electron chi connectivity index (χ1n) is 3.95. The number of nitrogens with one attached hydrogen (secondary N) is 2. The van der Waals surface area contributed by atoms with Crippen LogP contribution in [0.2, 0.25) is 0 Å². The first-order chi connectivity index (χ1) is 7.20. The first kappa shape index (κ1) is 13.0. The predicted molar refractivity (Wildman–Crippen MR) is 50.2 cm³/mol. The number of hydrogen-bond acceptors (Lipinski definition) is 2. The van der Waals surface area contributed by atoms with Gasteiger partial charge >= 0.3 is 13.9 Å². The molecule has 0 unspecified atom stereocenters. The molecule has 0 bridgehead atoms. The van der Waals surface area contributed by atoms with Gasteiger partial charge in [0.25, 0.3) is 0 Å². The highest BCUT2D eigenvalue weighted by Crippen LogP contribution is 2.35. The minimum absolute atomic E-state index is 0.460. The standard InChI is InChI=1S/C7H8F3N2O3P/c8-7(9,10)5-3-1-2-4-6(5)11-12-16(13,14)15/h1-4,11H,(H3,12,13,14,15). The number of hydrazine groups is 1. The number of para-hydroxylation sites is 1. The van der Waals surface area contributed by atoms with E-state index < -0.39 is 25.2 Å². The Hall–Kier alpha value is -1.08. The van der Waals surface area contributed by atoms with Crippen molar-refractivity contribution in [3.8, 4) is 0 Å². The summed E-state index contributed by atoms with van der Waals surface area (Å²) in [5.74, 6) is 0. The number of anilines is 1. The van der Waals surface area contributed by atoms with Crippen LogP contribution in [-0.4, -0.2) is 9.79 Å². The van der Waals surface area contributed by atoms with Gasteiger partial charge in [-0.25, -0.2) is 4.57 Å². The molecule has 90 valence electrons. The summed E-state index contributed by atoms with van der Waals surface area (Å²) in [5.41, 5.74) is 0.349. The third-order valence-corrected chi connectivity index (χ3v) is 1.97. The van der Waals surface area contributed by atoms with E-state index >= 15 is 0 Å². The van der Waals surface area contributed by atoms with Crippen molar-refractivity contribution < 1.29 is 27.5 Å². The van der Waals surface area contributed by atoms with Crippen molar-refractivity contribution in [2.24, 2.45) is 0 Å². The molecule has 4 N–H and O–H groups in total. The SMILES string of the molecule is O=P(O)(O)NNc1ccccc1C(F)(F)F. The van der Waals surface area contributed by atoms with E-state index in [4.69, 9.17) is 9.79 Å². The van der Waals surface area contributed by atoms with Crippen LogP contribution in [0.15, 0.2) is 24.3 Å². The molecule has 0 amide bonds. The molecule has 0 heterocycles. The smallest absolute Gasteiger partial charge is 0.311 e. The summed E-state index contributed by atoms with van der Waals surface area (Å²) < 4.78 is 47.6. The van der Waals surface area contributed by atoms with Crippen LogP contribution in [0.4, 0.5) is 18.9 Å². The molecule has 0 aliphatic heterocycles. The van der Waals surface area contributed by atoms with Gasteiger partial charge < -0.3 is 15.2 Å². The zero-order valence-electron chi connectivity index (χ0n) is 7.69. The van der Waals surface area contributed by atoms with Crippen LogP contribution in [0, 0.1) is 0 Å². The average Bonchev–Trinajstić information content (AvgIpc) is 2.12. The first-order valence-corrected chi connectivity index (χ1v) is 5.56. The lowest BCUT2D eigenvalue weighted by atomic mass is 10.2. The maximum absolute atomic E-state index is 12.4. The van der Waals surface area contributed by atoms with Crippen molar-refractivity contribution in [2.75, 3.05) is 5.43 Å². The minimum Gasteiger partial charge on any atom is -0.311 e. The van der Waals surface area contributed by atoms with E-state index in [0.29, 0.717) is 0 Å². The zero-order valence-corrected chi connectivity index (χ0v) is 8.59. The number of benzene rings is 1. The molecule has 1 rings (SSSR count). The Morgan fingerprint density at radius 3 is 2.25 bits per heavy atom. The van der Waals surface area contributed by atoms with Crippen LogP contribution in [0.5, 0.6) is 0 Å².